The number of thioether (sulfide) groups is 1. The van der Waals surface area contributed by atoms with Crippen LogP contribution in [0.15, 0.2) is 35.6 Å². The number of nitrogens with zero attached hydrogens (tertiary/aromatic N) is 3. The number of hydrogen-bond acceptors (Lipinski definition) is 6. The highest BCUT2D eigenvalue weighted by Gasteiger charge is 2.22. The molecule has 1 aliphatic carbocycles. The summed E-state index contributed by atoms with van der Waals surface area (Å²) in [6.45, 7) is 2.91. The summed E-state index contributed by atoms with van der Waals surface area (Å²) in [5, 5.41) is 4.47. The van der Waals surface area contributed by atoms with Crippen molar-refractivity contribution >= 4 is 17.6 Å². The van der Waals surface area contributed by atoms with Crippen molar-refractivity contribution < 1.29 is 4.74 Å². The van der Waals surface area contributed by atoms with E-state index in [1.54, 1.807) is 18.9 Å². The first-order chi connectivity index (χ1) is 13.6. The molecule has 1 heterocycles. The van der Waals surface area contributed by atoms with Gasteiger partial charge < -0.3 is 15.0 Å². The second-order valence-electron chi connectivity index (χ2n) is 7.49. The van der Waals surface area contributed by atoms with Crippen LogP contribution in [-0.4, -0.2) is 36.4 Å². The minimum Gasteiger partial charge on any atom is -0.497 e. The summed E-state index contributed by atoms with van der Waals surface area (Å²) in [6, 6.07) is 9.01. The second kappa shape index (κ2) is 10.1. The quantitative estimate of drug-likeness (QED) is 0.506. The molecule has 1 saturated carbocycles. The van der Waals surface area contributed by atoms with Crippen LogP contribution >= 0.6 is 11.8 Å². The summed E-state index contributed by atoms with van der Waals surface area (Å²) in [7, 11) is 3.90. The molecule has 1 atom stereocenters. The lowest BCUT2D eigenvalue weighted by atomic mass is 9.94. The number of methoxy groups -OCH3 is 1. The minimum absolute atomic E-state index is 0.211. The van der Waals surface area contributed by atoms with Gasteiger partial charge in [-0.2, -0.15) is 0 Å². The topological polar surface area (TPSA) is 50.3 Å². The molecule has 1 aromatic carbocycles. The van der Waals surface area contributed by atoms with Crippen LogP contribution in [0.4, 0.5) is 5.82 Å². The van der Waals surface area contributed by atoms with Gasteiger partial charge in [-0.1, -0.05) is 43.2 Å². The van der Waals surface area contributed by atoms with Crippen LogP contribution in [0.1, 0.15) is 56.2 Å². The number of hydrogen-bond donors (Lipinski definition) is 1. The van der Waals surface area contributed by atoms with Gasteiger partial charge in [0.15, 0.2) is 5.16 Å². The van der Waals surface area contributed by atoms with E-state index in [0.29, 0.717) is 6.04 Å². The van der Waals surface area contributed by atoms with Gasteiger partial charge in [0.2, 0.25) is 0 Å². The van der Waals surface area contributed by atoms with Gasteiger partial charge in [0.1, 0.15) is 11.6 Å². The Morgan fingerprint density at radius 1 is 1.29 bits per heavy atom. The molecule has 1 N–H and O–H groups in total. The fourth-order valence-electron chi connectivity index (χ4n) is 3.84. The largest absolute Gasteiger partial charge is 0.497 e. The van der Waals surface area contributed by atoms with Crippen LogP contribution in [-0.2, 0) is 6.54 Å². The summed E-state index contributed by atoms with van der Waals surface area (Å²) in [5.41, 5.74) is 2.36. The van der Waals surface area contributed by atoms with Crippen LogP contribution in [0.25, 0.3) is 0 Å². The van der Waals surface area contributed by atoms with E-state index >= 15 is 0 Å². The highest BCUT2D eigenvalue weighted by Crippen LogP contribution is 2.28. The monoisotopic (exact) mass is 400 g/mol. The maximum Gasteiger partial charge on any atom is 0.189 e. The first-order valence-corrected chi connectivity index (χ1v) is 11.3. The Morgan fingerprint density at radius 2 is 2.07 bits per heavy atom. The van der Waals surface area contributed by atoms with Crippen LogP contribution in [0.2, 0.25) is 0 Å². The highest BCUT2D eigenvalue weighted by molar-refractivity contribution is 7.98. The molecule has 1 aliphatic rings. The van der Waals surface area contributed by atoms with Crippen LogP contribution in [0.5, 0.6) is 5.75 Å². The number of ether oxygens (including phenoxy) is 1. The van der Waals surface area contributed by atoms with Crippen molar-refractivity contribution in [2.75, 3.05) is 25.3 Å². The molecule has 1 aromatic heterocycles. The Labute approximate surface area is 173 Å². The lowest BCUT2D eigenvalue weighted by molar-refractivity contribution is 0.413. The predicted molar refractivity (Wildman–Crippen MR) is 117 cm³/mol. The molecule has 0 amide bonds. The number of rotatable bonds is 8. The Bertz CT molecular complexity index is 764. The molecule has 0 spiro atoms. The van der Waals surface area contributed by atoms with Gasteiger partial charge in [-0.25, -0.2) is 9.97 Å². The first kappa shape index (κ1) is 20.9. The molecule has 28 heavy (non-hydrogen) atoms. The van der Waals surface area contributed by atoms with Crippen molar-refractivity contribution in [1.82, 2.24) is 15.3 Å². The molecular formula is C22H32N4OS. The Morgan fingerprint density at radius 3 is 2.79 bits per heavy atom. The third-order valence-electron chi connectivity index (χ3n) is 5.65. The zero-order chi connectivity index (χ0) is 19.9. The van der Waals surface area contributed by atoms with Crippen LogP contribution in [0, 0.1) is 0 Å². The van der Waals surface area contributed by atoms with Gasteiger partial charge in [0, 0.05) is 37.4 Å². The molecular weight excluding hydrogens is 368 g/mol. The van der Waals surface area contributed by atoms with Crippen molar-refractivity contribution in [3.05, 3.63) is 41.6 Å². The smallest absolute Gasteiger partial charge is 0.189 e. The predicted octanol–water partition coefficient (Wildman–Crippen LogP) is 4.83. The van der Waals surface area contributed by atoms with Gasteiger partial charge in [-0.15, -0.1) is 0 Å². The van der Waals surface area contributed by atoms with Crippen molar-refractivity contribution in [3.63, 3.8) is 0 Å². The number of anilines is 1. The van der Waals surface area contributed by atoms with Gasteiger partial charge in [0.05, 0.1) is 7.11 Å². The number of aromatic nitrogens is 2. The summed E-state index contributed by atoms with van der Waals surface area (Å²) >= 11 is 1.60. The van der Waals surface area contributed by atoms with E-state index in [-0.39, 0.29) is 6.04 Å². The van der Waals surface area contributed by atoms with E-state index in [0.717, 1.165) is 28.8 Å². The number of benzene rings is 1. The molecule has 5 nitrogen and oxygen atoms in total. The maximum atomic E-state index is 5.35. The number of nitrogens with one attached hydrogen (secondary N) is 1. The zero-order valence-electron chi connectivity index (χ0n) is 17.4. The summed E-state index contributed by atoms with van der Waals surface area (Å²) in [5.74, 6) is 1.95. The van der Waals surface area contributed by atoms with Gasteiger partial charge >= 0.3 is 0 Å². The van der Waals surface area contributed by atoms with Crippen molar-refractivity contribution in [2.45, 2.75) is 62.8 Å². The maximum absolute atomic E-state index is 5.35. The average Bonchev–Trinajstić information content (AvgIpc) is 2.77. The standard InChI is InChI=1S/C22H32N4OS/c1-16(17-9-8-12-20(13-17)27-3)23-14-18-15-24-22(28-4)25-21(18)26(2)19-10-6-5-7-11-19/h8-9,12-13,15-16,19,23H,5-7,10-11,14H2,1-4H3. The molecule has 0 radical (unpaired) electrons. The van der Waals surface area contributed by atoms with Crippen molar-refractivity contribution in [3.8, 4) is 5.75 Å². The van der Waals surface area contributed by atoms with Gasteiger partial charge in [-0.3, -0.25) is 0 Å². The summed E-state index contributed by atoms with van der Waals surface area (Å²) in [4.78, 5) is 11.8. The molecule has 6 heteroatoms. The van der Waals surface area contributed by atoms with E-state index < -0.39 is 0 Å². The minimum atomic E-state index is 0.211. The van der Waals surface area contributed by atoms with E-state index in [9.17, 15) is 0 Å². The fourth-order valence-corrected chi connectivity index (χ4v) is 4.18. The van der Waals surface area contributed by atoms with E-state index in [1.807, 2.05) is 24.6 Å². The zero-order valence-corrected chi connectivity index (χ0v) is 18.3. The van der Waals surface area contributed by atoms with Crippen LogP contribution in [0.3, 0.4) is 0 Å². The van der Waals surface area contributed by atoms with Gasteiger partial charge in [0.25, 0.3) is 0 Å². The second-order valence-corrected chi connectivity index (χ2v) is 8.26. The summed E-state index contributed by atoms with van der Waals surface area (Å²) < 4.78 is 5.35. The molecule has 1 fully saturated rings. The molecule has 0 saturated heterocycles. The molecule has 3 rings (SSSR count). The summed E-state index contributed by atoms with van der Waals surface area (Å²) in [6.07, 6.45) is 10.5. The van der Waals surface area contributed by atoms with E-state index in [1.165, 1.54) is 37.7 Å². The molecule has 0 aliphatic heterocycles. The lowest BCUT2D eigenvalue weighted by Gasteiger charge is -2.33. The van der Waals surface area contributed by atoms with E-state index in [2.05, 4.69) is 41.3 Å². The first-order valence-electron chi connectivity index (χ1n) is 10.1. The molecule has 1 unspecified atom stereocenters. The Hall–Kier alpha value is -1.79. The molecule has 2 aromatic rings. The normalized spacial score (nSPS) is 16.0. The Kier molecular flexibility index (Phi) is 7.57. The average molecular weight is 401 g/mol. The van der Waals surface area contributed by atoms with Crippen LogP contribution < -0.4 is 15.0 Å². The lowest BCUT2D eigenvalue weighted by Crippen LogP contribution is -2.35. The highest BCUT2D eigenvalue weighted by atomic mass is 32.2. The Balaban J connectivity index is 1.75. The third kappa shape index (κ3) is 5.17. The molecule has 0 bridgehead atoms. The van der Waals surface area contributed by atoms with E-state index in [4.69, 9.17) is 9.72 Å². The SMILES string of the molecule is COc1cccc(C(C)NCc2cnc(SC)nc2N(C)C2CCCCC2)c1. The molecule has 152 valence electrons. The van der Waals surface area contributed by atoms with Crippen molar-refractivity contribution in [2.24, 2.45) is 0 Å². The van der Waals surface area contributed by atoms with Gasteiger partial charge in [-0.05, 0) is 43.7 Å². The van der Waals surface area contributed by atoms with Crippen molar-refractivity contribution in [1.29, 1.82) is 0 Å². The third-order valence-corrected chi connectivity index (χ3v) is 6.21. The fraction of sp³-hybridized carbons (Fsp3) is 0.545.